The van der Waals surface area contributed by atoms with Gasteiger partial charge in [-0.1, -0.05) is 60.2 Å². The van der Waals surface area contributed by atoms with Crippen molar-refractivity contribution >= 4 is 22.6 Å². The Hall–Kier alpha value is -2.33. The van der Waals surface area contributed by atoms with E-state index in [2.05, 4.69) is 81.1 Å². The normalized spacial score (nSPS) is 10.4. The van der Waals surface area contributed by atoms with Gasteiger partial charge in [0.25, 0.3) is 0 Å². The van der Waals surface area contributed by atoms with Gasteiger partial charge in [-0.2, -0.15) is 36.4 Å². The maximum Gasteiger partial charge on any atom is 2.00 e. The van der Waals surface area contributed by atoms with Crippen LogP contribution in [0.5, 0.6) is 0 Å². The van der Waals surface area contributed by atoms with Gasteiger partial charge in [0.1, 0.15) is 5.82 Å². The Balaban J connectivity index is 0.00000245. The van der Waals surface area contributed by atoms with E-state index >= 15 is 0 Å². The van der Waals surface area contributed by atoms with E-state index in [1.54, 1.807) is 0 Å². The van der Waals surface area contributed by atoms with Crippen LogP contribution in [0.25, 0.3) is 45.0 Å². The van der Waals surface area contributed by atoms with E-state index in [-0.39, 0.29) is 31.1 Å². The van der Waals surface area contributed by atoms with Crippen LogP contribution in [0.2, 0.25) is 0 Å². The molecule has 0 spiro atoms. The fraction of sp³-hybridized carbons (Fsp3) is 0. The molecule has 150 valence electrons. The van der Waals surface area contributed by atoms with Crippen molar-refractivity contribution in [3.8, 4) is 45.0 Å². The van der Waals surface area contributed by atoms with Crippen molar-refractivity contribution in [1.29, 1.82) is 0 Å². The Morgan fingerprint density at radius 3 is 1.78 bits per heavy atom. The molecule has 0 atom stereocenters. The Kier molecular flexibility index (Phi) is 7.52. The van der Waals surface area contributed by atoms with Crippen LogP contribution in [-0.2, 0) is 0 Å². The average Bonchev–Trinajstić information content (AvgIpc) is 2.85. The Morgan fingerprint density at radius 1 is 0.531 bits per heavy atom. The van der Waals surface area contributed by atoms with Gasteiger partial charge < -0.3 is 0 Å². The summed E-state index contributed by atoms with van der Waals surface area (Å²) in [5.41, 5.74) is 6.22. The Morgan fingerprint density at radius 2 is 1.12 bits per heavy atom. The first kappa shape index (κ1) is 22.9. The maximum absolute atomic E-state index is 4.72. The van der Waals surface area contributed by atoms with Crippen molar-refractivity contribution in [2.45, 2.75) is 0 Å². The Labute approximate surface area is 224 Å². The molecule has 1 heterocycles. The van der Waals surface area contributed by atoms with Gasteiger partial charge in [-0.25, -0.2) is 26.1 Å². The monoisotopic (exact) mass is 747 g/mol. The van der Waals surface area contributed by atoms with E-state index in [0.29, 0.717) is 15.5 Å². The first-order valence-electron chi connectivity index (χ1n) is 9.83. The summed E-state index contributed by atoms with van der Waals surface area (Å²) in [6.07, 6.45) is 0. The zero-order chi connectivity index (χ0) is 21.0. The minimum atomic E-state index is 0. The summed E-state index contributed by atoms with van der Waals surface area (Å²) in [5.74, 6) is 1.30. The number of halogens is 1. The van der Waals surface area contributed by atoms with E-state index in [1.807, 2.05) is 60.7 Å². The van der Waals surface area contributed by atoms with Gasteiger partial charge in [-0.3, -0.25) is 0 Å². The van der Waals surface area contributed by atoms with Crippen molar-refractivity contribution in [1.82, 2.24) is 15.0 Å². The molecule has 0 radical (unpaired) electrons. The van der Waals surface area contributed by atoms with Crippen molar-refractivity contribution in [3.05, 3.63) is 113 Å². The van der Waals surface area contributed by atoms with Crippen molar-refractivity contribution in [3.63, 3.8) is 0 Å². The van der Waals surface area contributed by atoms with Crippen LogP contribution in [0.3, 0.4) is 0 Å². The molecule has 5 heteroatoms. The number of benzene rings is 4. The van der Waals surface area contributed by atoms with Gasteiger partial charge >= 0.3 is 31.1 Å². The third kappa shape index (κ3) is 5.18. The predicted octanol–water partition coefficient (Wildman–Crippen LogP) is 6.74. The van der Waals surface area contributed by atoms with E-state index in [1.165, 1.54) is 5.56 Å². The SMILES string of the molecule is Ic1nc(-c2c[c-]c(-c3[c-]cccc3)cc2)nc(-c2ccc(-c3ccccc3)cc2)n1.[U+2]. The van der Waals surface area contributed by atoms with Crippen LogP contribution < -0.4 is 0 Å². The zero-order valence-corrected chi connectivity index (χ0v) is 23.3. The minimum absolute atomic E-state index is 0. The van der Waals surface area contributed by atoms with E-state index < -0.39 is 0 Å². The van der Waals surface area contributed by atoms with E-state index in [0.717, 1.165) is 27.8 Å². The smallest absolute Gasteiger partial charge is 0.226 e. The summed E-state index contributed by atoms with van der Waals surface area (Å²) >= 11 is 2.14. The molecule has 5 aromatic rings. The number of rotatable bonds is 4. The molecule has 4 aromatic carbocycles. The molecule has 0 aliphatic carbocycles. The van der Waals surface area contributed by atoms with Crippen LogP contribution in [0.15, 0.2) is 97.1 Å². The van der Waals surface area contributed by atoms with Crippen molar-refractivity contribution in [2.75, 3.05) is 0 Å². The van der Waals surface area contributed by atoms with Crippen LogP contribution in [0.1, 0.15) is 0 Å². The summed E-state index contributed by atoms with van der Waals surface area (Å²) in [6, 6.07) is 39.0. The second-order valence-corrected chi connectivity index (χ2v) is 7.93. The van der Waals surface area contributed by atoms with Crippen LogP contribution in [-0.4, -0.2) is 15.0 Å². The molecule has 0 unspecified atom stereocenters. The summed E-state index contributed by atoms with van der Waals surface area (Å²) in [6.45, 7) is 0. The third-order valence-corrected chi connectivity index (χ3v) is 5.41. The molecule has 1 aromatic heterocycles. The van der Waals surface area contributed by atoms with Crippen LogP contribution in [0.4, 0.5) is 0 Å². The van der Waals surface area contributed by atoms with Gasteiger partial charge in [0.2, 0.25) is 0 Å². The topological polar surface area (TPSA) is 38.7 Å². The van der Waals surface area contributed by atoms with Crippen LogP contribution in [0, 0.1) is 47.1 Å². The first-order chi connectivity index (χ1) is 15.3. The molecule has 3 nitrogen and oxygen atoms in total. The maximum atomic E-state index is 4.72. The number of aromatic nitrogens is 3. The van der Waals surface area contributed by atoms with Gasteiger partial charge in [-0.15, -0.1) is 18.2 Å². The number of hydrogen-bond donors (Lipinski definition) is 0. The molecule has 32 heavy (non-hydrogen) atoms. The van der Waals surface area contributed by atoms with E-state index in [4.69, 9.17) is 4.98 Å². The second kappa shape index (κ2) is 10.5. The molecule has 0 saturated heterocycles. The summed E-state index contributed by atoms with van der Waals surface area (Å²) in [4.78, 5) is 13.8. The molecule has 0 aliphatic rings. The molecule has 0 fully saturated rings. The molecule has 0 amide bonds. The summed E-state index contributed by atoms with van der Waals surface area (Å²) in [7, 11) is 0. The van der Waals surface area contributed by atoms with Gasteiger partial charge in [0, 0.05) is 28.2 Å². The largest absolute Gasteiger partial charge is 2.00 e. The second-order valence-electron chi connectivity index (χ2n) is 6.96. The fourth-order valence-corrected chi connectivity index (χ4v) is 3.80. The van der Waals surface area contributed by atoms with Gasteiger partial charge in [-0.05, 0) is 11.1 Å². The average molecular weight is 747 g/mol. The fourth-order valence-electron chi connectivity index (χ4n) is 3.34. The molecule has 0 bridgehead atoms. The zero-order valence-electron chi connectivity index (χ0n) is 17.0. The molecule has 0 N–H and O–H groups in total. The molecular weight excluding hydrogens is 731 g/mol. The molecule has 0 saturated carbocycles. The summed E-state index contributed by atoms with van der Waals surface area (Å²) in [5, 5.41) is 0. The molecular formula is C27H16IN3U. The van der Waals surface area contributed by atoms with Gasteiger partial charge in [0.15, 0.2) is 9.66 Å². The molecule has 5 rings (SSSR count). The first-order valence-corrected chi connectivity index (χ1v) is 10.9. The van der Waals surface area contributed by atoms with Crippen LogP contribution >= 0.6 is 22.6 Å². The molecule has 0 aliphatic heterocycles. The quantitative estimate of drug-likeness (QED) is 0.151. The Bertz CT molecular complexity index is 1210. The van der Waals surface area contributed by atoms with E-state index in [9.17, 15) is 0 Å². The minimum Gasteiger partial charge on any atom is -0.226 e. The predicted molar refractivity (Wildman–Crippen MR) is 132 cm³/mol. The number of hydrogen-bond acceptors (Lipinski definition) is 3. The number of nitrogens with zero attached hydrogens (tertiary/aromatic N) is 3. The standard InChI is InChI=1S/C27H16IN3.U/c28-27-30-25(23-15-11-21(12-16-23)19-7-3-1-4-8-19)29-26(31-27)24-17-13-22(14-18-24)20-9-5-2-6-10-20;/h1-9,11-13,15-18H;/q-2;+2. The third-order valence-electron chi connectivity index (χ3n) is 4.93. The van der Waals surface area contributed by atoms with Gasteiger partial charge in [0.05, 0.1) is 0 Å². The van der Waals surface area contributed by atoms with Crippen molar-refractivity contribution < 1.29 is 31.1 Å². The summed E-state index contributed by atoms with van der Waals surface area (Å²) < 4.78 is 0.658. The van der Waals surface area contributed by atoms with Crippen molar-refractivity contribution in [2.24, 2.45) is 0 Å².